The lowest BCUT2D eigenvalue weighted by atomic mass is 9.81. The van der Waals surface area contributed by atoms with E-state index in [1.165, 1.54) is 55.2 Å². The summed E-state index contributed by atoms with van der Waals surface area (Å²) in [7, 11) is 2.15. The fourth-order valence-electron chi connectivity index (χ4n) is 5.23. The molecule has 1 aliphatic carbocycles. The zero-order valence-electron chi connectivity index (χ0n) is 17.0. The minimum atomic E-state index is 0.0332. The Hall–Kier alpha value is -3.32. The van der Waals surface area contributed by atoms with E-state index in [1.54, 1.807) is 0 Å². The zero-order valence-corrected chi connectivity index (χ0v) is 17.0. The number of hydrogen-bond acceptors (Lipinski definition) is 0. The molecule has 0 unspecified atom stereocenters. The van der Waals surface area contributed by atoms with Crippen LogP contribution in [0.4, 0.5) is 0 Å². The molecule has 5 aromatic rings. The van der Waals surface area contributed by atoms with Crippen molar-refractivity contribution in [1.82, 2.24) is 4.57 Å². The van der Waals surface area contributed by atoms with E-state index in [0.29, 0.717) is 0 Å². The van der Waals surface area contributed by atoms with Crippen molar-refractivity contribution in [3.05, 3.63) is 96.1 Å². The predicted octanol–water partition coefficient (Wildman–Crippen LogP) is 7.30. The van der Waals surface area contributed by atoms with E-state index in [0.717, 1.165) is 0 Å². The van der Waals surface area contributed by atoms with Crippen molar-refractivity contribution in [2.75, 3.05) is 0 Å². The molecule has 0 fully saturated rings. The quantitative estimate of drug-likeness (QED) is 0.290. The molecule has 1 nitrogen and oxygen atoms in total. The lowest BCUT2D eigenvalue weighted by molar-refractivity contribution is 0.660. The van der Waals surface area contributed by atoms with Crippen LogP contribution in [0.5, 0.6) is 0 Å². The van der Waals surface area contributed by atoms with E-state index in [1.807, 2.05) is 0 Å². The van der Waals surface area contributed by atoms with Crippen molar-refractivity contribution in [3.63, 3.8) is 0 Å². The highest BCUT2D eigenvalue weighted by Crippen LogP contribution is 2.49. The minimum Gasteiger partial charge on any atom is -0.344 e. The van der Waals surface area contributed by atoms with Gasteiger partial charge in [-0.1, -0.05) is 74.5 Å². The Kier molecular flexibility index (Phi) is 3.21. The molecule has 1 heterocycles. The lowest BCUT2D eigenvalue weighted by Gasteiger charge is -2.22. The summed E-state index contributed by atoms with van der Waals surface area (Å²) < 4.78 is 2.29. The highest BCUT2D eigenvalue weighted by Gasteiger charge is 2.35. The average molecular weight is 373 g/mol. The number of para-hydroxylation sites is 1. The van der Waals surface area contributed by atoms with Gasteiger partial charge in [-0.3, -0.25) is 0 Å². The van der Waals surface area contributed by atoms with Gasteiger partial charge in [0.25, 0.3) is 0 Å². The summed E-state index contributed by atoms with van der Waals surface area (Å²) in [6, 6.07) is 31.4. The van der Waals surface area contributed by atoms with E-state index in [9.17, 15) is 0 Å². The second-order valence-electron chi connectivity index (χ2n) is 8.74. The van der Waals surface area contributed by atoms with Gasteiger partial charge in [-0.15, -0.1) is 0 Å². The van der Waals surface area contributed by atoms with Crippen molar-refractivity contribution in [3.8, 4) is 22.3 Å². The number of nitrogens with zero attached hydrogens (tertiary/aromatic N) is 1. The molecule has 1 aliphatic rings. The normalized spacial score (nSPS) is 14.3. The van der Waals surface area contributed by atoms with Crippen molar-refractivity contribution in [2.45, 2.75) is 19.3 Å². The van der Waals surface area contributed by atoms with Gasteiger partial charge in [-0.05, 0) is 57.6 Å². The standard InChI is InChI=1S/C28H23N/c1-28(2)24-10-6-4-8-20(24)21-14-12-19(17-25(21)28)18-13-15-27-23(16-18)22-9-5-7-11-26(22)29(27)3/h4-17H,1-3H3. The van der Waals surface area contributed by atoms with Crippen LogP contribution >= 0.6 is 0 Å². The van der Waals surface area contributed by atoms with E-state index in [4.69, 9.17) is 0 Å². The van der Waals surface area contributed by atoms with Gasteiger partial charge in [0.2, 0.25) is 0 Å². The van der Waals surface area contributed by atoms with Crippen LogP contribution in [0.1, 0.15) is 25.0 Å². The summed E-state index contributed by atoms with van der Waals surface area (Å²) in [5.41, 5.74) is 10.8. The molecule has 1 aromatic heterocycles. The fourth-order valence-corrected chi connectivity index (χ4v) is 5.23. The van der Waals surface area contributed by atoms with Crippen LogP contribution < -0.4 is 0 Å². The number of rotatable bonds is 1. The summed E-state index contributed by atoms with van der Waals surface area (Å²) in [5.74, 6) is 0. The monoisotopic (exact) mass is 373 g/mol. The molecule has 29 heavy (non-hydrogen) atoms. The molecule has 0 bridgehead atoms. The van der Waals surface area contributed by atoms with Crippen LogP contribution in [0.3, 0.4) is 0 Å². The van der Waals surface area contributed by atoms with E-state index in [-0.39, 0.29) is 5.41 Å². The van der Waals surface area contributed by atoms with Crippen molar-refractivity contribution < 1.29 is 0 Å². The molecule has 0 saturated heterocycles. The summed E-state index contributed by atoms with van der Waals surface area (Å²) in [6.45, 7) is 4.69. The molecular formula is C28H23N. The van der Waals surface area contributed by atoms with Gasteiger partial charge in [0.05, 0.1) is 0 Å². The number of aryl methyl sites for hydroxylation is 1. The van der Waals surface area contributed by atoms with Crippen LogP contribution in [0.2, 0.25) is 0 Å². The van der Waals surface area contributed by atoms with Gasteiger partial charge in [0.15, 0.2) is 0 Å². The predicted molar refractivity (Wildman–Crippen MR) is 123 cm³/mol. The maximum Gasteiger partial charge on any atom is 0.0489 e. The van der Waals surface area contributed by atoms with Crippen LogP contribution in [0, 0.1) is 0 Å². The first-order valence-corrected chi connectivity index (χ1v) is 10.3. The molecule has 0 amide bonds. The first-order chi connectivity index (χ1) is 14.1. The maximum absolute atomic E-state index is 2.40. The van der Waals surface area contributed by atoms with E-state index in [2.05, 4.69) is 110 Å². The van der Waals surface area contributed by atoms with Gasteiger partial charge in [-0.25, -0.2) is 0 Å². The number of fused-ring (bicyclic) bond motifs is 6. The number of hydrogen-bond donors (Lipinski definition) is 0. The SMILES string of the molecule is Cn1c2ccccc2c2cc(-c3ccc4c(c3)C(C)(C)c3ccccc3-4)ccc21. The highest BCUT2D eigenvalue weighted by atomic mass is 14.9. The second-order valence-corrected chi connectivity index (χ2v) is 8.74. The third-order valence-corrected chi connectivity index (χ3v) is 6.83. The Morgan fingerprint density at radius 1 is 0.586 bits per heavy atom. The molecule has 0 spiro atoms. The van der Waals surface area contributed by atoms with E-state index < -0.39 is 0 Å². The minimum absolute atomic E-state index is 0.0332. The molecule has 6 rings (SSSR count). The molecule has 0 saturated carbocycles. The molecule has 0 radical (unpaired) electrons. The largest absolute Gasteiger partial charge is 0.344 e. The Bertz CT molecular complexity index is 1430. The third kappa shape index (κ3) is 2.16. The Morgan fingerprint density at radius 2 is 1.24 bits per heavy atom. The summed E-state index contributed by atoms with van der Waals surface area (Å²) >= 11 is 0. The van der Waals surface area contributed by atoms with Gasteiger partial charge >= 0.3 is 0 Å². The highest BCUT2D eigenvalue weighted by molar-refractivity contribution is 6.09. The Balaban J connectivity index is 1.56. The van der Waals surface area contributed by atoms with Gasteiger partial charge < -0.3 is 4.57 Å². The molecule has 1 heteroatoms. The fraction of sp³-hybridized carbons (Fsp3) is 0.143. The van der Waals surface area contributed by atoms with Gasteiger partial charge in [0, 0.05) is 34.3 Å². The van der Waals surface area contributed by atoms with Crippen LogP contribution in [-0.2, 0) is 12.5 Å². The second kappa shape index (κ2) is 5.61. The first-order valence-electron chi connectivity index (χ1n) is 10.3. The number of benzene rings is 4. The van der Waals surface area contributed by atoms with Crippen LogP contribution in [0.25, 0.3) is 44.1 Å². The maximum atomic E-state index is 2.40. The first kappa shape index (κ1) is 16.6. The van der Waals surface area contributed by atoms with Gasteiger partial charge in [-0.2, -0.15) is 0 Å². The number of aromatic nitrogens is 1. The van der Waals surface area contributed by atoms with Crippen LogP contribution in [-0.4, -0.2) is 4.57 Å². The molecular weight excluding hydrogens is 350 g/mol. The zero-order chi connectivity index (χ0) is 19.8. The molecule has 0 N–H and O–H groups in total. The summed E-state index contributed by atoms with van der Waals surface area (Å²) in [4.78, 5) is 0. The molecule has 0 atom stereocenters. The molecule has 140 valence electrons. The van der Waals surface area contributed by atoms with Crippen molar-refractivity contribution in [1.29, 1.82) is 0 Å². The Labute approximate surface area is 171 Å². The van der Waals surface area contributed by atoms with Crippen LogP contribution in [0.15, 0.2) is 84.9 Å². The Morgan fingerprint density at radius 3 is 2.14 bits per heavy atom. The van der Waals surface area contributed by atoms with Crippen molar-refractivity contribution in [2.24, 2.45) is 7.05 Å². The van der Waals surface area contributed by atoms with Crippen molar-refractivity contribution >= 4 is 21.8 Å². The molecule has 4 aromatic carbocycles. The summed E-state index contributed by atoms with van der Waals surface area (Å²) in [5, 5.41) is 2.64. The van der Waals surface area contributed by atoms with E-state index >= 15 is 0 Å². The molecule has 0 aliphatic heterocycles. The lowest BCUT2D eigenvalue weighted by Crippen LogP contribution is -2.14. The van der Waals surface area contributed by atoms with Gasteiger partial charge in [0.1, 0.15) is 0 Å². The third-order valence-electron chi connectivity index (χ3n) is 6.83. The topological polar surface area (TPSA) is 4.93 Å². The average Bonchev–Trinajstić information content (AvgIpc) is 3.17. The smallest absolute Gasteiger partial charge is 0.0489 e. The summed E-state index contributed by atoms with van der Waals surface area (Å²) in [6.07, 6.45) is 0.